The molecule has 0 aromatic carbocycles. The molecule has 0 saturated heterocycles. The van der Waals surface area contributed by atoms with Crippen LogP contribution in [0.1, 0.15) is 90.9 Å². The molecule has 7 atom stereocenters. The Morgan fingerprint density at radius 1 is 1.00 bits per heavy atom. The minimum Gasteiger partial charge on any atom is -0.481 e. The normalized spacial score (nSPS) is 52.1. The lowest BCUT2D eigenvalue weighted by molar-refractivity contribution is -0.138. The van der Waals surface area contributed by atoms with E-state index in [0.29, 0.717) is 23.2 Å². The van der Waals surface area contributed by atoms with Crippen LogP contribution in [0.5, 0.6) is 0 Å². The first kappa shape index (κ1) is 17.8. The Labute approximate surface area is 153 Å². The highest BCUT2D eigenvalue weighted by Crippen LogP contribution is 2.68. The highest BCUT2D eigenvalue weighted by atomic mass is 16.4. The van der Waals surface area contributed by atoms with Crippen LogP contribution in [0.3, 0.4) is 0 Å². The number of fused-ring (bicyclic) bond motifs is 5. The van der Waals surface area contributed by atoms with Crippen molar-refractivity contribution in [3.05, 3.63) is 0 Å². The van der Waals surface area contributed by atoms with Gasteiger partial charge in [0.15, 0.2) is 0 Å². The molecule has 3 heteroatoms. The first-order chi connectivity index (χ1) is 11.8. The fourth-order valence-corrected chi connectivity index (χ4v) is 8.22. The molecule has 0 heterocycles. The molecule has 0 bridgehead atoms. The molecule has 4 rings (SSSR count). The van der Waals surface area contributed by atoms with Crippen LogP contribution in [0.15, 0.2) is 0 Å². The molecule has 4 aliphatic carbocycles. The van der Waals surface area contributed by atoms with E-state index in [1.165, 1.54) is 64.2 Å². The van der Waals surface area contributed by atoms with Gasteiger partial charge in [0.2, 0.25) is 0 Å². The number of rotatable bonds is 3. The second-order valence-electron chi connectivity index (χ2n) is 10.4. The van der Waals surface area contributed by atoms with Crippen molar-refractivity contribution in [3.63, 3.8) is 0 Å². The Bertz CT molecular complexity index is 548. The summed E-state index contributed by atoms with van der Waals surface area (Å²) in [5.41, 5.74) is 7.83. The van der Waals surface area contributed by atoms with Gasteiger partial charge in [0, 0.05) is 12.0 Å². The van der Waals surface area contributed by atoms with Gasteiger partial charge in [-0.1, -0.05) is 26.7 Å². The van der Waals surface area contributed by atoms with E-state index >= 15 is 0 Å². The summed E-state index contributed by atoms with van der Waals surface area (Å²) in [5, 5.41) is 9.12. The number of carboxylic acid groups (broad SMARTS) is 1. The zero-order valence-electron chi connectivity index (χ0n) is 16.2. The molecular formula is C22H37NO2. The maximum Gasteiger partial charge on any atom is 0.303 e. The van der Waals surface area contributed by atoms with Crippen LogP contribution in [0.4, 0.5) is 0 Å². The van der Waals surface area contributed by atoms with Crippen molar-refractivity contribution in [3.8, 4) is 0 Å². The van der Waals surface area contributed by atoms with Crippen LogP contribution in [0.2, 0.25) is 0 Å². The number of aliphatic carboxylic acids is 1. The summed E-state index contributed by atoms with van der Waals surface area (Å²) in [5.74, 6) is 2.46. The van der Waals surface area contributed by atoms with E-state index < -0.39 is 5.97 Å². The predicted molar refractivity (Wildman–Crippen MR) is 100 cm³/mol. The van der Waals surface area contributed by atoms with Crippen molar-refractivity contribution in [1.29, 1.82) is 0 Å². The van der Waals surface area contributed by atoms with Gasteiger partial charge >= 0.3 is 5.97 Å². The summed E-state index contributed by atoms with van der Waals surface area (Å²) in [6.07, 6.45) is 14.2. The molecule has 142 valence electrons. The third-order valence-electron chi connectivity index (χ3n) is 9.79. The molecule has 0 radical (unpaired) electrons. The highest BCUT2D eigenvalue weighted by Gasteiger charge is 2.62. The molecule has 0 amide bonds. The van der Waals surface area contributed by atoms with Crippen molar-refractivity contribution in [2.45, 2.75) is 96.4 Å². The molecule has 0 aliphatic heterocycles. The lowest BCUT2D eigenvalue weighted by Gasteiger charge is -2.64. The van der Waals surface area contributed by atoms with Gasteiger partial charge < -0.3 is 10.8 Å². The molecule has 4 fully saturated rings. The highest BCUT2D eigenvalue weighted by molar-refractivity contribution is 5.66. The van der Waals surface area contributed by atoms with Crippen molar-refractivity contribution in [2.75, 3.05) is 0 Å². The second kappa shape index (κ2) is 5.97. The van der Waals surface area contributed by atoms with E-state index in [1.54, 1.807) is 0 Å². The quantitative estimate of drug-likeness (QED) is 0.756. The smallest absolute Gasteiger partial charge is 0.303 e. The Morgan fingerprint density at radius 2 is 1.76 bits per heavy atom. The molecule has 3 nitrogen and oxygen atoms in total. The molecule has 0 aromatic rings. The van der Waals surface area contributed by atoms with Gasteiger partial charge in [-0.05, 0) is 92.3 Å². The molecule has 4 saturated carbocycles. The maximum absolute atomic E-state index is 11.1. The monoisotopic (exact) mass is 347 g/mol. The number of nitrogens with two attached hydrogens (primary N) is 1. The topological polar surface area (TPSA) is 63.3 Å². The zero-order valence-corrected chi connectivity index (χ0v) is 16.2. The number of hydrogen-bond acceptors (Lipinski definition) is 2. The molecule has 0 aromatic heterocycles. The van der Waals surface area contributed by atoms with Crippen LogP contribution in [0.25, 0.3) is 0 Å². The number of hydrogen-bond donors (Lipinski definition) is 2. The average molecular weight is 348 g/mol. The van der Waals surface area contributed by atoms with Crippen LogP contribution in [-0.2, 0) is 4.79 Å². The fraction of sp³-hybridized carbons (Fsp3) is 0.955. The van der Waals surface area contributed by atoms with Gasteiger partial charge in [0.1, 0.15) is 0 Å². The van der Waals surface area contributed by atoms with Gasteiger partial charge in [-0.2, -0.15) is 0 Å². The first-order valence-electron chi connectivity index (χ1n) is 10.8. The minimum absolute atomic E-state index is 0.0848. The molecular weight excluding hydrogens is 310 g/mol. The fourth-order valence-electron chi connectivity index (χ4n) is 8.22. The summed E-state index contributed by atoms with van der Waals surface area (Å²) in [6.45, 7) is 5.03. The standard InChI is InChI=1S/C22H37NO2/c1-20-13-10-18-16(17(20)7-5-15(20)6-8-19(24)25)9-14-22(23)12-4-3-11-21(18,22)2/h15-18H,3-14,23H2,1-2H3,(H,24,25). The summed E-state index contributed by atoms with van der Waals surface area (Å²) in [7, 11) is 0. The minimum atomic E-state index is -0.624. The van der Waals surface area contributed by atoms with Gasteiger partial charge in [-0.25, -0.2) is 0 Å². The number of carbonyl (C=O) groups is 1. The summed E-state index contributed by atoms with van der Waals surface area (Å²) >= 11 is 0. The number of carboxylic acids is 1. The third kappa shape index (κ3) is 2.51. The van der Waals surface area contributed by atoms with Gasteiger partial charge in [0.05, 0.1) is 0 Å². The molecule has 3 N–H and O–H groups in total. The van der Waals surface area contributed by atoms with Crippen LogP contribution >= 0.6 is 0 Å². The predicted octanol–water partition coefficient (Wildman–Crippen LogP) is 4.98. The summed E-state index contributed by atoms with van der Waals surface area (Å²) < 4.78 is 0. The molecule has 25 heavy (non-hydrogen) atoms. The van der Waals surface area contributed by atoms with Crippen molar-refractivity contribution >= 4 is 5.97 Å². The maximum atomic E-state index is 11.1. The van der Waals surface area contributed by atoms with Crippen molar-refractivity contribution in [1.82, 2.24) is 0 Å². The second-order valence-corrected chi connectivity index (χ2v) is 10.4. The van der Waals surface area contributed by atoms with Gasteiger partial charge in [0.25, 0.3) is 0 Å². The summed E-state index contributed by atoms with van der Waals surface area (Å²) in [4.78, 5) is 11.1. The van der Waals surface area contributed by atoms with Crippen LogP contribution in [-0.4, -0.2) is 16.6 Å². The van der Waals surface area contributed by atoms with E-state index in [2.05, 4.69) is 13.8 Å². The Hall–Kier alpha value is -0.570. The summed E-state index contributed by atoms with van der Waals surface area (Å²) in [6, 6.07) is 0. The van der Waals surface area contributed by atoms with Crippen molar-refractivity contribution < 1.29 is 9.90 Å². The van der Waals surface area contributed by atoms with Crippen LogP contribution < -0.4 is 5.73 Å². The van der Waals surface area contributed by atoms with E-state index in [9.17, 15) is 4.79 Å². The van der Waals surface area contributed by atoms with E-state index in [-0.39, 0.29) is 5.54 Å². The first-order valence-corrected chi connectivity index (χ1v) is 10.8. The SMILES string of the molecule is CC12CCC3C(CCC4(N)CCCCC34C)C1CCC2CCC(=O)O. The Morgan fingerprint density at radius 3 is 2.52 bits per heavy atom. The van der Waals surface area contributed by atoms with E-state index in [1.807, 2.05) is 0 Å². The molecule has 4 aliphatic rings. The van der Waals surface area contributed by atoms with Crippen molar-refractivity contribution in [2.24, 2.45) is 40.2 Å². The van der Waals surface area contributed by atoms with Crippen LogP contribution in [0, 0.1) is 34.5 Å². The largest absolute Gasteiger partial charge is 0.481 e. The average Bonchev–Trinajstić information content (AvgIpc) is 2.90. The van der Waals surface area contributed by atoms with E-state index in [0.717, 1.165) is 24.2 Å². The lowest BCUT2D eigenvalue weighted by atomic mass is 9.42. The van der Waals surface area contributed by atoms with Gasteiger partial charge in [-0.15, -0.1) is 0 Å². The van der Waals surface area contributed by atoms with Gasteiger partial charge in [-0.3, -0.25) is 4.79 Å². The van der Waals surface area contributed by atoms with E-state index in [4.69, 9.17) is 10.8 Å². The lowest BCUT2D eigenvalue weighted by Crippen LogP contribution is -2.65. The molecule has 0 spiro atoms. The Kier molecular flexibility index (Phi) is 4.26. The third-order valence-corrected chi connectivity index (χ3v) is 9.79. The Balaban J connectivity index is 1.57. The zero-order chi connectivity index (χ0) is 17.9. The molecule has 7 unspecified atom stereocenters.